The molecule has 138 valence electrons. The molecule has 2 aromatic rings. The summed E-state index contributed by atoms with van der Waals surface area (Å²) in [5.74, 6) is 0.0208. The first-order valence-corrected chi connectivity index (χ1v) is 8.81. The number of hydrogen-bond donors (Lipinski definition) is 1. The van der Waals surface area contributed by atoms with Gasteiger partial charge in [0.05, 0.1) is 12.8 Å². The van der Waals surface area contributed by atoms with Crippen molar-refractivity contribution in [3.63, 3.8) is 0 Å². The number of ether oxygens (including phenoxy) is 1. The van der Waals surface area contributed by atoms with E-state index in [0.29, 0.717) is 24.5 Å². The molecule has 0 aliphatic carbocycles. The zero-order valence-electron chi connectivity index (χ0n) is 15.5. The zero-order valence-corrected chi connectivity index (χ0v) is 15.5. The van der Waals surface area contributed by atoms with E-state index in [1.807, 2.05) is 19.9 Å². The number of hydrogen-bond acceptors (Lipinski definition) is 4. The maximum absolute atomic E-state index is 12.7. The van der Waals surface area contributed by atoms with Crippen LogP contribution in [0.15, 0.2) is 42.5 Å². The lowest BCUT2D eigenvalue weighted by atomic mass is 10.2. The lowest BCUT2D eigenvalue weighted by Crippen LogP contribution is -2.33. The van der Waals surface area contributed by atoms with Crippen molar-refractivity contribution < 1.29 is 14.3 Å². The fourth-order valence-electron chi connectivity index (χ4n) is 2.63. The molecule has 0 unspecified atom stereocenters. The third-order valence-electron chi connectivity index (χ3n) is 3.83. The van der Waals surface area contributed by atoms with Crippen LogP contribution < -0.4 is 10.1 Å². The van der Waals surface area contributed by atoms with E-state index in [2.05, 4.69) is 10.3 Å². The smallest absolute Gasteiger partial charge is 0.274 e. The molecule has 0 saturated carbocycles. The van der Waals surface area contributed by atoms with E-state index in [9.17, 15) is 9.59 Å². The quantitative estimate of drug-likeness (QED) is 0.785. The minimum Gasteiger partial charge on any atom is -0.495 e. The largest absolute Gasteiger partial charge is 0.495 e. The molecule has 6 heteroatoms. The van der Waals surface area contributed by atoms with Crippen molar-refractivity contribution in [1.82, 2.24) is 9.88 Å². The Bertz CT molecular complexity index is 755. The molecule has 1 aromatic heterocycles. The van der Waals surface area contributed by atoms with Crippen molar-refractivity contribution in [2.75, 3.05) is 25.5 Å². The zero-order chi connectivity index (χ0) is 18.9. The first kappa shape index (κ1) is 19.4. The van der Waals surface area contributed by atoms with Gasteiger partial charge in [-0.3, -0.25) is 9.59 Å². The Morgan fingerprint density at radius 3 is 2.31 bits per heavy atom. The van der Waals surface area contributed by atoms with Crippen molar-refractivity contribution in [3.05, 3.63) is 53.9 Å². The molecule has 2 amide bonds. The average Bonchev–Trinajstić information content (AvgIpc) is 2.67. The summed E-state index contributed by atoms with van der Waals surface area (Å²) in [7, 11) is 1.54. The van der Waals surface area contributed by atoms with Crippen LogP contribution in [0.4, 0.5) is 5.69 Å². The van der Waals surface area contributed by atoms with Crippen molar-refractivity contribution in [2.24, 2.45) is 0 Å². The van der Waals surface area contributed by atoms with Gasteiger partial charge in [-0.1, -0.05) is 32.0 Å². The molecule has 0 fully saturated rings. The fourth-order valence-corrected chi connectivity index (χ4v) is 2.63. The summed E-state index contributed by atoms with van der Waals surface area (Å²) in [5.41, 5.74) is 1.02. The monoisotopic (exact) mass is 355 g/mol. The Morgan fingerprint density at radius 2 is 1.65 bits per heavy atom. The minimum absolute atomic E-state index is 0.152. The Balaban J connectivity index is 2.19. The summed E-state index contributed by atoms with van der Waals surface area (Å²) in [6.07, 6.45) is 1.75. The predicted octanol–water partition coefficient (Wildman–Crippen LogP) is 3.60. The van der Waals surface area contributed by atoms with Crippen LogP contribution >= 0.6 is 0 Å². The van der Waals surface area contributed by atoms with Crippen LogP contribution in [0.5, 0.6) is 5.75 Å². The maximum atomic E-state index is 12.7. The molecule has 1 aromatic carbocycles. The third-order valence-corrected chi connectivity index (χ3v) is 3.83. The number of amides is 2. The van der Waals surface area contributed by atoms with Gasteiger partial charge in [0.25, 0.3) is 11.8 Å². The first-order valence-electron chi connectivity index (χ1n) is 8.81. The van der Waals surface area contributed by atoms with E-state index < -0.39 is 0 Å². The molecule has 0 radical (unpaired) electrons. The molecule has 1 N–H and O–H groups in total. The average molecular weight is 355 g/mol. The van der Waals surface area contributed by atoms with Crippen LogP contribution in [0.1, 0.15) is 47.7 Å². The van der Waals surface area contributed by atoms with Gasteiger partial charge in [0.1, 0.15) is 17.1 Å². The Kier molecular flexibility index (Phi) is 7.14. The third kappa shape index (κ3) is 4.81. The van der Waals surface area contributed by atoms with Gasteiger partial charge in [0.15, 0.2) is 0 Å². The number of aromatic nitrogens is 1. The van der Waals surface area contributed by atoms with Crippen molar-refractivity contribution in [2.45, 2.75) is 26.7 Å². The van der Waals surface area contributed by atoms with E-state index in [4.69, 9.17) is 4.74 Å². The highest BCUT2D eigenvalue weighted by atomic mass is 16.5. The highest BCUT2D eigenvalue weighted by molar-refractivity contribution is 6.04. The van der Waals surface area contributed by atoms with Crippen LogP contribution in [0.2, 0.25) is 0 Å². The standard InChI is InChI=1S/C20H25N3O3/c1-4-13-23(14-5-2)20(25)17-11-8-10-16(21-17)19(24)22-15-9-6-7-12-18(15)26-3/h6-12H,4-5,13-14H2,1-3H3,(H,22,24). The van der Waals surface area contributed by atoms with E-state index in [1.54, 1.807) is 48.4 Å². The van der Waals surface area contributed by atoms with Crippen molar-refractivity contribution in [1.29, 1.82) is 0 Å². The molecule has 0 spiro atoms. The van der Waals surface area contributed by atoms with Crippen LogP contribution in [0.3, 0.4) is 0 Å². The molecular formula is C20H25N3O3. The van der Waals surface area contributed by atoms with Gasteiger partial charge < -0.3 is 15.0 Å². The highest BCUT2D eigenvalue weighted by Gasteiger charge is 2.18. The normalized spacial score (nSPS) is 10.3. The van der Waals surface area contributed by atoms with Gasteiger partial charge in [0.2, 0.25) is 0 Å². The summed E-state index contributed by atoms with van der Waals surface area (Å²) in [6, 6.07) is 12.0. The van der Waals surface area contributed by atoms with Crippen molar-refractivity contribution >= 4 is 17.5 Å². The number of pyridine rings is 1. The number of nitrogens with zero attached hydrogens (tertiary/aromatic N) is 2. The SMILES string of the molecule is CCCN(CCC)C(=O)c1cccc(C(=O)Nc2ccccc2OC)n1. The van der Waals surface area contributed by atoms with E-state index >= 15 is 0 Å². The highest BCUT2D eigenvalue weighted by Crippen LogP contribution is 2.23. The summed E-state index contributed by atoms with van der Waals surface area (Å²) >= 11 is 0. The van der Waals surface area contributed by atoms with Crippen LogP contribution in [0.25, 0.3) is 0 Å². The molecule has 0 saturated heterocycles. The summed E-state index contributed by atoms with van der Waals surface area (Å²) in [5, 5.41) is 2.77. The van der Waals surface area contributed by atoms with Crippen LogP contribution in [-0.2, 0) is 0 Å². The lowest BCUT2D eigenvalue weighted by Gasteiger charge is -2.21. The van der Waals surface area contributed by atoms with E-state index in [-0.39, 0.29) is 23.2 Å². The van der Waals surface area contributed by atoms with Gasteiger partial charge >= 0.3 is 0 Å². The van der Waals surface area contributed by atoms with Crippen LogP contribution in [-0.4, -0.2) is 41.9 Å². The number of methoxy groups -OCH3 is 1. The molecule has 0 atom stereocenters. The molecule has 26 heavy (non-hydrogen) atoms. The molecule has 0 aliphatic heterocycles. The fraction of sp³-hybridized carbons (Fsp3) is 0.350. The maximum Gasteiger partial charge on any atom is 0.274 e. The minimum atomic E-state index is -0.387. The summed E-state index contributed by atoms with van der Waals surface area (Å²) < 4.78 is 5.23. The van der Waals surface area contributed by atoms with Gasteiger partial charge in [-0.05, 0) is 37.1 Å². The number of para-hydroxylation sites is 2. The number of carbonyl (C=O) groups is 2. The first-order chi connectivity index (χ1) is 12.6. The van der Waals surface area contributed by atoms with Gasteiger partial charge in [-0.15, -0.1) is 0 Å². The summed E-state index contributed by atoms with van der Waals surface area (Å²) in [4.78, 5) is 31.2. The second-order valence-electron chi connectivity index (χ2n) is 5.85. The second kappa shape index (κ2) is 9.56. The Hall–Kier alpha value is -2.89. The molecule has 0 bridgehead atoms. The number of benzene rings is 1. The number of rotatable bonds is 8. The van der Waals surface area contributed by atoms with Crippen LogP contribution in [0, 0.1) is 0 Å². The predicted molar refractivity (Wildman–Crippen MR) is 102 cm³/mol. The molecule has 0 aliphatic rings. The molecular weight excluding hydrogens is 330 g/mol. The Labute approximate surface area is 154 Å². The second-order valence-corrected chi connectivity index (χ2v) is 5.85. The van der Waals surface area contributed by atoms with Gasteiger partial charge in [-0.25, -0.2) is 4.98 Å². The molecule has 1 heterocycles. The number of carbonyl (C=O) groups excluding carboxylic acids is 2. The number of nitrogens with one attached hydrogen (secondary N) is 1. The van der Waals surface area contributed by atoms with Crippen molar-refractivity contribution in [3.8, 4) is 5.75 Å². The Morgan fingerprint density at radius 1 is 1.00 bits per heavy atom. The lowest BCUT2D eigenvalue weighted by molar-refractivity contribution is 0.0749. The van der Waals surface area contributed by atoms with Gasteiger partial charge in [0, 0.05) is 13.1 Å². The summed E-state index contributed by atoms with van der Waals surface area (Å²) in [6.45, 7) is 5.40. The topological polar surface area (TPSA) is 71.5 Å². The molecule has 2 rings (SSSR count). The van der Waals surface area contributed by atoms with E-state index in [1.165, 1.54) is 0 Å². The molecule has 6 nitrogen and oxygen atoms in total. The number of anilines is 1. The van der Waals surface area contributed by atoms with E-state index in [0.717, 1.165) is 12.8 Å². The van der Waals surface area contributed by atoms with Gasteiger partial charge in [-0.2, -0.15) is 0 Å².